The van der Waals surface area contributed by atoms with E-state index in [2.05, 4.69) is 0 Å². The second-order valence-corrected chi connectivity index (χ2v) is 9.06. The van der Waals surface area contributed by atoms with Gasteiger partial charge in [0.1, 0.15) is 0 Å². The summed E-state index contributed by atoms with van der Waals surface area (Å²) in [5.41, 5.74) is -2.14. The Kier molecular flexibility index (Phi) is 11.0. The smallest absolute Gasteiger partial charge is 0.390 e. The molecule has 2 aromatic rings. The number of esters is 1. The van der Waals surface area contributed by atoms with Crippen LogP contribution in [0.5, 0.6) is 0 Å². The average molecular weight is 521 g/mol. The Hall–Kier alpha value is -3.04. The second-order valence-electron chi connectivity index (χ2n) is 9.06. The first-order valence-electron chi connectivity index (χ1n) is 11.1. The standard InChI is InChI=1S/C14H17F3O2.C12H13F3O2/c1-3-19-12(18)13(2,10-14(15,16)17)9-11-7-5-4-6-8-11;1-11(10(16)17,8-12(13,14)15)7-9-5-3-2-4-6-9/h4-8H,3,9-10H2,1-2H3;2-6H,7-8H2,1H3,(H,16,17). The molecule has 0 aliphatic heterocycles. The number of hydrogen-bond donors (Lipinski definition) is 1. The highest BCUT2D eigenvalue weighted by molar-refractivity contribution is 5.77. The second kappa shape index (κ2) is 12.8. The molecule has 0 saturated heterocycles. The van der Waals surface area contributed by atoms with Gasteiger partial charge in [-0.25, -0.2) is 0 Å². The lowest BCUT2D eigenvalue weighted by Crippen LogP contribution is -2.36. The molecule has 1 N–H and O–H groups in total. The topological polar surface area (TPSA) is 63.6 Å². The van der Waals surface area contributed by atoms with Gasteiger partial charge in [-0.2, -0.15) is 26.3 Å². The van der Waals surface area contributed by atoms with Gasteiger partial charge in [-0.1, -0.05) is 60.7 Å². The van der Waals surface area contributed by atoms with E-state index in [1.54, 1.807) is 67.6 Å². The lowest BCUT2D eigenvalue weighted by atomic mass is 9.80. The van der Waals surface area contributed by atoms with Crippen LogP contribution in [0.3, 0.4) is 0 Å². The van der Waals surface area contributed by atoms with Gasteiger partial charge in [-0.15, -0.1) is 0 Å². The maximum absolute atomic E-state index is 12.6. The van der Waals surface area contributed by atoms with Gasteiger partial charge >= 0.3 is 24.3 Å². The Labute approximate surface area is 206 Å². The van der Waals surface area contributed by atoms with Crippen LogP contribution >= 0.6 is 0 Å². The van der Waals surface area contributed by atoms with E-state index in [1.165, 1.54) is 6.92 Å². The first-order chi connectivity index (χ1) is 16.5. The van der Waals surface area contributed by atoms with E-state index in [4.69, 9.17) is 9.84 Å². The molecule has 0 spiro atoms. The van der Waals surface area contributed by atoms with Crippen molar-refractivity contribution in [1.82, 2.24) is 0 Å². The van der Waals surface area contributed by atoms with Crippen LogP contribution in [-0.4, -0.2) is 36.0 Å². The summed E-state index contributed by atoms with van der Waals surface area (Å²) in [6, 6.07) is 17.0. The number of alkyl halides is 6. The van der Waals surface area contributed by atoms with Crippen LogP contribution in [0.25, 0.3) is 0 Å². The fourth-order valence-corrected chi connectivity index (χ4v) is 3.70. The van der Waals surface area contributed by atoms with Crippen molar-refractivity contribution in [1.29, 1.82) is 0 Å². The number of ether oxygens (including phenoxy) is 1. The molecule has 0 aromatic heterocycles. The molecule has 2 rings (SSSR count). The van der Waals surface area contributed by atoms with Crippen molar-refractivity contribution in [3.05, 3.63) is 71.8 Å². The number of hydrogen-bond acceptors (Lipinski definition) is 3. The number of rotatable bonds is 9. The predicted molar refractivity (Wildman–Crippen MR) is 122 cm³/mol. The van der Waals surface area contributed by atoms with E-state index >= 15 is 0 Å². The summed E-state index contributed by atoms with van der Waals surface area (Å²) in [4.78, 5) is 22.8. The molecule has 0 saturated carbocycles. The average Bonchev–Trinajstić information content (AvgIpc) is 2.73. The number of aliphatic carboxylic acids is 1. The largest absolute Gasteiger partial charge is 0.481 e. The monoisotopic (exact) mass is 520 g/mol. The molecule has 0 bridgehead atoms. The van der Waals surface area contributed by atoms with Crippen LogP contribution in [0.15, 0.2) is 60.7 Å². The summed E-state index contributed by atoms with van der Waals surface area (Å²) in [6.07, 6.45) is -11.5. The van der Waals surface area contributed by atoms with Gasteiger partial charge < -0.3 is 9.84 Å². The predicted octanol–water partition coefficient (Wildman–Crippen LogP) is 7.02. The first kappa shape index (κ1) is 31.0. The third-order valence-corrected chi connectivity index (χ3v) is 5.34. The number of carbonyl (C=O) groups is 2. The Morgan fingerprint density at radius 3 is 1.42 bits per heavy atom. The van der Waals surface area contributed by atoms with Crippen LogP contribution in [0.1, 0.15) is 44.7 Å². The van der Waals surface area contributed by atoms with Gasteiger partial charge in [-0.3, -0.25) is 9.59 Å². The Balaban J connectivity index is 0.000000362. The molecule has 0 fully saturated rings. The zero-order valence-corrected chi connectivity index (χ0v) is 20.2. The molecule has 2 aromatic carbocycles. The Bertz CT molecular complexity index is 960. The van der Waals surface area contributed by atoms with Crippen LogP contribution in [0.4, 0.5) is 26.3 Å². The van der Waals surface area contributed by atoms with Gasteiger partial charge in [0.2, 0.25) is 0 Å². The van der Waals surface area contributed by atoms with Crippen molar-refractivity contribution in [2.24, 2.45) is 10.8 Å². The van der Waals surface area contributed by atoms with Crippen molar-refractivity contribution in [3.8, 4) is 0 Å². The van der Waals surface area contributed by atoms with Crippen LogP contribution in [-0.2, 0) is 27.2 Å². The maximum Gasteiger partial charge on any atom is 0.390 e. The Morgan fingerprint density at radius 1 is 0.722 bits per heavy atom. The zero-order valence-electron chi connectivity index (χ0n) is 20.2. The molecule has 2 unspecified atom stereocenters. The van der Waals surface area contributed by atoms with Crippen LogP contribution in [0, 0.1) is 10.8 Å². The molecule has 200 valence electrons. The minimum Gasteiger partial charge on any atom is -0.481 e. The highest BCUT2D eigenvalue weighted by atomic mass is 19.4. The lowest BCUT2D eigenvalue weighted by molar-refractivity contribution is -0.180. The van der Waals surface area contributed by atoms with Crippen molar-refractivity contribution in [3.63, 3.8) is 0 Å². The quantitative estimate of drug-likeness (QED) is 0.285. The fraction of sp³-hybridized carbons (Fsp3) is 0.462. The number of carboxylic acid groups (broad SMARTS) is 1. The molecule has 0 aliphatic carbocycles. The molecule has 4 nitrogen and oxygen atoms in total. The van der Waals surface area contributed by atoms with Crippen molar-refractivity contribution < 1.29 is 45.8 Å². The van der Waals surface area contributed by atoms with E-state index in [0.29, 0.717) is 11.1 Å². The summed E-state index contributed by atoms with van der Waals surface area (Å²) in [5.74, 6) is -2.24. The third kappa shape index (κ3) is 11.1. The SMILES string of the molecule is CC(Cc1ccccc1)(CC(F)(F)F)C(=O)O.CCOC(=O)C(C)(Cc1ccccc1)CC(F)(F)F. The molecule has 10 heteroatoms. The van der Waals surface area contributed by atoms with Gasteiger partial charge in [0.15, 0.2) is 0 Å². The number of benzene rings is 2. The van der Waals surface area contributed by atoms with Crippen molar-refractivity contribution in [2.75, 3.05) is 6.61 Å². The number of halogens is 6. The number of carboxylic acids is 1. The lowest BCUT2D eigenvalue weighted by Gasteiger charge is -2.28. The maximum atomic E-state index is 12.6. The molecule has 36 heavy (non-hydrogen) atoms. The molecule has 0 heterocycles. The van der Waals surface area contributed by atoms with Gasteiger partial charge in [-0.05, 0) is 44.7 Å². The minimum atomic E-state index is -4.48. The van der Waals surface area contributed by atoms with Crippen molar-refractivity contribution >= 4 is 11.9 Å². The molecule has 2 atom stereocenters. The fourth-order valence-electron chi connectivity index (χ4n) is 3.70. The summed E-state index contributed by atoms with van der Waals surface area (Å²) in [6.45, 7) is 4.07. The highest BCUT2D eigenvalue weighted by Gasteiger charge is 2.46. The van der Waals surface area contributed by atoms with E-state index < -0.39 is 48.0 Å². The van der Waals surface area contributed by atoms with Gasteiger partial charge in [0.05, 0.1) is 30.3 Å². The van der Waals surface area contributed by atoms with Crippen LogP contribution in [0.2, 0.25) is 0 Å². The number of carbonyl (C=O) groups excluding carboxylic acids is 1. The summed E-state index contributed by atoms with van der Waals surface area (Å²) >= 11 is 0. The minimum absolute atomic E-state index is 0.00613. The normalized spacial score (nSPS) is 15.0. The van der Waals surface area contributed by atoms with Crippen LogP contribution < -0.4 is 0 Å². The van der Waals surface area contributed by atoms with E-state index in [-0.39, 0.29) is 19.4 Å². The summed E-state index contributed by atoms with van der Waals surface area (Å²) in [5, 5.41) is 8.96. The Morgan fingerprint density at radius 2 is 1.08 bits per heavy atom. The molecular formula is C26H30F6O4. The molecule has 0 aliphatic rings. The summed E-state index contributed by atoms with van der Waals surface area (Å²) < 4.78 is 79.8. The summed E-state index contributed by atoms with van der Waals surface area (Å²) in [7, 11) is 0. The molecule has 0 amide bonds. The van der Waals surface area contributed by atoms with Gasteiger partial charge in [0.25, 0.3) is 0 Å². The first-order valence-corrected chi connectivity index (χ1v) is 11.1. The van der Waals surface area contributed by atoms with E-state index in [9.17, 15) is 35.9 Å². The molecular weight excluding hydrogens is 490 g/mol. The van der Waals surface area contributed by atoms with Crippen molar-refractivity contribution in [2.45, 2.75) is 58.8 Å². The highest BCUT2D eigenvalue weighted by Crippen LogP contribution is 2.38. The third-order valence-electron chi connectivity index (χ3n) is 5.34. The zero-order chi connectivity index (χ0) is 27.6. The van der Waals surface area contributed by atoms with Gasteiger partial charge in [0, 0.05) is 0 Å². The van der Waals surface area contributed by atoms with E-state index in [1.807, 2.05) is 0 Å². The van der Waals surface area contributed by atoms with E-state index in [0.717, 1.165) is 6.92 Å². The molecule has 0 radical (unpaired) electrons.